The van der Waals surface area contributed by atoms with Crippen molar-refractivity contribution in [1.82, 2.24) is 14.9 Å². The first kappa shape index (κ1) is 13.4. The topological polar surface area (TPSA) is 46.9 Å². The van der Waals surface area contributed by atoms with E-state index in [1.807, 2.05) is 35.0 Å². The fourth-order valence-electron chi connectivity index (χ4n) is 2.12. The van der Waals surface area contributed by atoms with Crippen molar-refractivity contribution in [3.63, 3.8) is 0 Å². The normalized spacial score (nSPS) is 14.2. The Labute approximate surface area is 126 Å². The number of carbonyl (C=O) groups is 1. The standard InChI is InChI=1S/C15H16BrN3O/c16-13-3-1-2-12(8-13)15-17-6-7-19(15)10-14(20)18-9-11-4-5-11/h1-3,6-8,11H,4-5,9-10H2,(H,18,20). The molecule has 0 bridgehead atoms. The summed E-state index contributed by atoms with van der Waals surface area (Å²) in [7, 11) is 0. The van der Waals surface area contributed by atoms with Crippen molar-refractivity contribution in [2.75, 3.05) is 6.54 Å². The Morgan fingerprint density at radius 3 is 3.05 bits per heavy atom. The number of nitrogens with one attached hydrogen (secondary N) is 1. The summed E-state index contributed by atoms with van der Waals surface area (Å²) >= 11 is 3.45. The highest BCUT2D eigenvalue weighted by molar-refractivity contribution is 9.10. The average molecular weight is 334 g/mol. The Balaban J connectivity index is 1.71. The van der Waals surface area contributed by atoms with Gasteiger partial charge in [-0.05, 0) is 30.9 Å². The molecule has 1 N–H and O–H groups in total. The monoisotopic (exact) mass is 333 g/mol. The van der Waals surface area contributed by atoms with Crippen LogP contribution in [-0.2, 0) is 11.3 Å². The molecule has 4 nitrogen and oxygen atoms in total. The van der Waals surface area contributed by atoms with Crippen LogP contribution < -0.4 is 5.32 Å². The maximum absolute atomic E-state index is 11.9. The Morgan fingerprint density at radius 1 is 1.45 bits per heavy atom. The summed E-state index contributed by atoms with van der Waals surface area (Å²) in [5, 5.41) is 2.98. The molecule has 1 aromatic carbocycles. The van der Waals surface area contributed by atoms with Crippen LogP contribution in [0.4, 0.5) is 0 Å². The average Bonchev–Trinajstić information content (AvgIpc) is 3.15. The molecule has 1 aliphatic carbocycles. The van der Waals surface area contributed by atoms with Crippen LogP contribution in [-0.4, -0.2) is 22.0 Å². The fraction of sp³-hybridized carbons (Fsp3) is 0.333. The number of aromatic nitrogens is 2. The van der Waals surface area contributed by atoms with Gasteiger partial charge in [0.2, 0.25) is 5.91 Å². The van der Waals surface area contributed by atoms with Gasteiger partial charge < -0.3 is 9.88 Å². The Bertz CT molecular complexity index is 619. The number of halogens is 1. The predicted octanol–water partition coefficient (Wildman–Crippen LogP) is 2.84. The first-order chi connectivity index (χ1) is 9.72. The van der Waals surface area contributed by atoms with Crippen molar-refractivity contribution in [3.05, 3.63) is 41.1 Å². The zero-order valence-electron chi connectivity index (χ0n) is 11.1. The second-order valence-electron chi connectivity index (χ2n) is 5.14. The lowest BCUT2D eigenvalue weighted by atomic mass is 10.2. The van der Waals surface area contributed by atoms with Gasteiger partial charge in [0.25, 0.3) is 0 Å². The van der Waals surface area contributed by atoms with Gasteiger partial charge in [-0.3, -0.25) is 4.79 Å². The molecule has 1 aliphatic rings. The Morgan fingerprint density at radius 2 is 2.30 bits per heavy atom. The first-order valence-electron chi connectivity index (χ1n) is 6.76. The van der Waals surface area contributed by atoms with E-state index in [-0.39, 0.29) is 5.91 Å². The van der Waals surface area contributed by atoms with Gasteiger partial charge in [-0.15, -0.1) is 0 Å². The molecule has 0 spiro atoms. The molecule has 5 heteroatoms. The van der Waals surface area contributed by atoms with Gasteiger partial charge in [-0.25, -0.2) is 4.98 Å². The Kier molecular flexibility index (Phi) is 3.87. The van der Waals surface area contributed by atoms with Crippen LogP contribution >= 0.6 is 15.9 Å². The van der Waals surface area contributed by atoms with Gasteiger partial charge in [0.15, 0.2) is 0 Å². The van der Waals surface area contributed by atoms with Crippen LogP contribution in [0.5, 0.6) is 0 Å². The van der Waals surface area contributed by atoms with Crippen molar-refractivity contribution in [3.8, 4) is 11.4 Å². The van der Waals surface area contributed by atoms with Crippen LogP contribution in [0.3, 0.4) is 0 Å². The zero-order chi connectivity index (χ0) is 13.9. The molecule has 0 unspecified atom stereocenters. The van der Waals surface area contributed by atoms with Crippen LogP contribution in [0.25, 0.3) is 11.4 Å². The summed E-state index contributed by atoms with van der Waals surface area (Å²) < 4.78 is 2.88. The number of hydrogen-bond acceptors (Lipinski definition) is 2. The molecule has 1 amide bonds. The zero-order valence-corrected chi connectivity index (χ0v) is 12.6. The number of benzene rings is 1. The van der Waals surface area contributed by atoms with Gasteiger partial charge in [0.1, 0.15) is 12.4 Å². The lowest BCUT2D eigenvalue weighted by Gasteiger charge is -2.09. The highest BCUT2D eigenvalue weighted by atomic mass is 79.9. The highest BCUT2D eigenvalue weighted by Gasteiger charge is 2.21. The van der Waals surface area contributed by atoms with Crippen molar-refractivity contribution < 1.29 is 4.79 Å². The number of hydrogen-bond donors (Lipinski definition) is 1. The number of nitrogens with zero attached hydrogens (tertiary/aromatic N) is 2. The molecular weight excluding hydrogens is 318 g/mol. The third-order valence-electron chi connectivity index (χ3n) is 3.40. The van der Waals surface area contributed by atoms with Gasteiger partial charge in [0, 0.05) is 29.0 Å². The molecule has 0 atom stereocenters. The minimum Gasteiger partial charge on any atom is -0.354 e. The fourth-order valence-corrected chi connectivity index (χ4v) is 2.51. The molecule has 2 aromatic rings. The van der Waals surface area contributed by atoms with E-state index in [2.05, 4.69) is 26.2 Å². The van der Waals surface area contributed by atoms with E-state index in [0.717, 1.165) is 22.4 Å². The van der Waals surface area contributed by atoms with Crippen LogP contribution in [0.1, 0.15) is 12.8 Å². The molecule has 0 radical (unpaired) electrons. The number of imidazole rings is 1. The van der Waals surface area contributed by atoms with E-state index >= 15 is 0 Å². The number of carbonyl (C=O) groups excluding carboxylic acids is 1. The van der Waals surface area contributed by atoms with Crippen molar-refractivity contribution in [2.24, 2.45) is 5.92 Å². The molecule has 0 saturated heterocycles. The highest BCUT2D eigenvalue weighted by Crippen LogP contribution is 2.27. The number of rotatable bonds is 5. The van der Waals surface area contributed by atoms with Crippen LogP contribution in [0, 0.1) is 5.92 Å². The van der Waals surface area contributed by atoms with Crippen molar-refractivity contribution >= 4 is 21.8 Å². The van der Waals surface area contributed by atoms with E-state index in [9.17, 15) is 4.79 Å². The Hall–Kier alpha value is -1.62. The van der Waals surface area contributed by atoms with Gasteiger partial charge in [-0.2, -0.15) is 0 Å². The second kappa shape index (κ2) is 5.79. The van der Waals surface area contributed by atoms with Gasteiger partial charge in [-0.1, -0.05) is 28.1 Å². The second-order valence-corrected chi connectivity index (χ2v) is 6.05. The maximum atomic E-state index is 11.9. The van der Waals surface area contributed by atoms with Gasteiger partial charge >= 0.3 is 0 Å². The lowest BCUT2D eigenvalue weighted by molar-refractivity contribution is -0.121. The van der Waals surface area contributed by atoms with E-state index < -0.39 is 0 Å². The number of amides is 1. The molecular formula is C15H16BrN3O. The molecule has 1 aromatic heterocycles. The van der Waals surface area contributed by atoms with E-state index in [0.29, 0.717) is 12.5 Å². The minimum absolute atomic E-state index is 0.0474. The third kappa shape index (κ3) is 3.28. The SMILES string of the molecule is O=C(Cn1ccnc1-c1cccc(Br)c1)NCC1CC1. The molecule has 0 aliphatic heterocycles. The van der Waals surface area contributed by atoms with E-state index in [1.54, 1.807) is 6.20 Å². The summed E-state index contributed by atoms with van der Waals surface area (Å²) in [6, 6.07) is 7.93. The minimum atomic E-state index is 0.0474. The molecule has 20 heavy (non-hydrogen) atoms. The molecule has 1 heterocycles. The summed E-state index contributed by atoms with van der Waals surface area (Å²) in [5.41, 5.74) is 0.999. The smallest absolute Gasteiger partial charge is 0.240 e. The molecule has 1 fully saturated rings. The molecule has 3 rings (SSSR count). The molecule has 104 valence electrons. The lowest BCUT2D eigenvalue weighted by Crippen LogP contribution is -2.29. The summed E-state index contributed by atoms with van der Waals surface area (Å²) in [5.74, 6) is 1.56. The van der Waals surface area contributed by atoms with Crippen LogP contribution in [0.2, 0.25) is 0 Å². The molecule has 1 saturated carbocycles. The predicted molar refractivity (Wildman–Crippen MR) is 81.1 cm³/mol. The van der Waals surface area contributed by atoms with E-state index in [1.165, 1.54) is 12.8 Å². The van der Waals surface area contributed by atoms with E-state index in [4.69, 9.17) is 0 Å². The summed E-state index contributed by atoms with van der Waals surface area (Å²) in [6.07, 6.45) is 6.06. The van der Waals surface area contributed by atoms with Gasteiger partial charge in [0.05, 0.1) is 0 Å². The van der Waals surface area contributed by atoms with Crippen molar-refractivity contribution in [1.29, 1.82) is 0 Å². The third-order valence-corrected chi connectivity index (χ3v) is 3.89. The largest absolute Gasteiger partial charge is 0.354 e. The van der Waals surface area contributed by atoms with Crippen LogP contribution in [0.15, 0.2) is 41.1 Å². The summed E-state index contributed by atoms with van der Waals surface area (Å²) in [6.45, 7) is 1.12. The quantitative estimate of drug-likeness (QED) is 0.914. The first-order valence-corrected chi connectivity index (χ1v) is 7.55. The van der Waals surface area contributed by atoms with Crippen molar-refractivity contribution in [2.45, 2.75) is 19.4 Å². The maximum Gasteiger partial charge on any atom is 0.240 e. The summed E-state index contributed by atoms with van der Waals surface area (Å²) in [4.78, 5) is 16.3.